The Labute approximate surface area is 267 Å². The molecule has 234 valence electrons. The van der Waals surface area contributed by atoms with E-state index in [4.69, 9.17) is 14.7 Å². The standard InChI is InChI=1S/C36H38N2O6S/c39-23-25-13-15-27(16-14-25)33-21-30(24-45-31-8-2-1-3-9-31)43-36(44-33)28-19-17-26(18-20-28)32-10-5-4-7-29(32)22-37-34(40)11-6-12-35(41)38-42/h1-5,7-10,13-20,30,33,36,39,42H,6,11-12,21-24H2,(H,37,40)(H,38,41)/t30-,33+,36+/m0/s1. The monoisotopic (exact) mass is 626 g/mol. The second kappa shape index (κ2) is 16.4. The number of carbonyl (C=O) groups is 2. The van der Waals surface area contributed by atoms with Gasteiger partial charge in [-0.1, -0.05) is 91.0 Å². The number of rotatable bonds is 13. The molecule has 1 saturated heterocycles. The van der Waals surface area contributed by atoms with Crippen LogP contribution < -0.4 is 10.8 Å². The van der Waals surface area contributed by atoms with E-state index in [0.29, 0.717) is 13.0 Å². The molecular weight excluding hydrogens is 588 g/mol. The van der Waals surface area contributed by atoms with Crippen LogP contribution in [0.4, 0.5) is 0 Å². The number of hydrogen-bond donors (Lipinski definition) is 4. The fourth-order valence-corrected chi connectivity index (χ4v) is 6.19. The fourth-order valence-electron chi connectivity index (χ4n) is 5.25. The highest BCUT2D eigenvalue weighted by Crippen LogP contribution is 2.40. The van der Waals surface area contributed by atoms with E-state index in [-0.39, 0.29) is 37.6 Å². The molecule has 1 heterocycles. The molecule has 0 aliphatic carbocycles. The molecule has 0 radical (unpaired) electrons. The molecule has 0 saturated carbocycles. The summed E-state index contributed by atoms with van der Waals surface area (Å²) in [6.45, 7) is 0.358. The highest BCUT2D eigenvalue weighted by Gasteiger charge is 2.32. The van der Waals surface area contributed by atoms with Gasteiger partial charge in [0.1, 0.15) is 0 Å². The van der Waals surface area contributed by atoms with Crippen LogP contribution in [0.1, 0.15) is 60.3 Å². The Bertz CT molecular complexity index is 1530. The van der Waals surface area contributed by atoms with E-state index in [1.165, 1.54) is 4.90 Å². The molecule has 9 heteroatoms. The molecule has 1 fully saturated rings. The van der Waals surface area contributed by atoms with Crippen molar-refractivity contribution < 1.29 is 29.4 Å². The van der Waals surface area contributed by atoms with Gasteiger partial charge in [-0.15, -0.1) is 11.8 Å². The largest absolute Gasteiger partial charge is 0.392 e. The Kier molecular flexibility index (Phi) is 11.8. The van der Waals surface area contributed by atoms with Crippen LogP contribution in [-0.2, 0) is 32.2 Å². The third kappa shape index (κ3) is 9.26. The molecule has 4 aromatic carbocycles. The second-order valence-corrected chi connectivity index (χ2v) is 12.0. The maximum absolute atomic E-state index is 12.3. The van der Waals surface area contributed by atoms with Crippen molar-refractivity contribution in [3.63, 3.8) is 0 Å². The lowest BCUT2D eigenvalue weighted by molar-refractivity contribution is -0.245. The van der Waals surface area contributed by atoms with Gasteiger partial charge in [-0.25, -0.2) is 5.48 Å². The predicted molar refractivity (Wildman–Crippen MR) is 173 cm³/mol. The van der Waals surface area contributed by atoms with Crippen molar-refractivity contribution in [1.82, 2.24) is 10.8 Å². The summed E-state index contributed by atoms with van der Waals surface area (Å²) in [6.07, 6.45) is 0.638. The molecule has 0 aromatic heterocycles. The van der Waals surface area contributed by atoms with Crippen LogP contribution in [-0.4, -0.2) is 34.0 Å². The summed E-state index contributed by atoms with van der Waals surface area (Å²) in [7, 11) is 0. The molecule has 3 atom stereocenters. The summed E-state index contributed by atoms with van der Waals surface area (Å²) in [5.41, 5.74) is 7.40. The van der Waals surface area contributed by atoms with Crippen molar-refractivity contribution in [2.24, 2.45) is 0 Å². The van der Waals surface area contributed by atoms with Gasteiger partial charge in [-0.3, -0.25) is 14.8 Å². The van der Waals surface area contributed by atoms with E-state index >= 15 is 0 Å². The number of benzene rings is 4. The summed E-state index contributed by atoms with van der Waals surface area (Å²) < 4.78 is 13.0. The summed E-state index contributed by atoms with van der Waals surface area (Å²) in [4.78, 5) is 24.7. The summed E-state index contributed by atoms with van der Waals surface area (Å²) >= 11 is 1.77. The third-order valence-electron chi connectivity index (χ3n) is 7.71. The molecular formula is C36H38N2O6S. The Hall–Kier alpha value is -3.99. The first-order chi connectivity index (χ1) is 22.0. The molecule has 5 rings (SSSR count). The zero-order valence-corrected chi connectivity index (χ0v) is 25.7. The zero-order valence-electron chi connectivity index (χ0n) is 24.9. The Morgan fingerprint density at radius 3 is 2.22 bits per heavy atom. The smallest absolute Gasteiger partial charge is 0.243 e. The van der Waals surface area contributed by atoms with Crippen molar-refractivity contribution in [2.45, 2.75) is 62.2 Å². The highest BCUT2D eigenvalue weighted by atomic mass is 32.2. The van der Waals surface area contributed by atoms with Gasteiger partial charge in [-0.2, -0.15) is 0 Å². The topological polar surface area (TPSA) is 117 Å². The first-order valence-electron chi connectivity index (χ1n) is 15.1. The van der Waals surface area contributed by atoms with Gasteiger partial charge in [0.2, 0.25) is 11.8 Å². The van der Waals surface area contributed by atoms with E-state index in [0.717, 1.165) is 45.6 Å². The first-order valence-corrected chi connectivity index (χ1v) is 16.1. The van der Waals surface area contributed by atoms with Gasteiger partial charge < -0.3 is 19.9 Å². The number of ether oxygens (including phenoxy) is 2. The Morgan fingerprint density at radius 1 is 0.800 bits per heavy atom. The maximum atomic E-state index is 12.3. The van der Waals surface area contributed by atoms with Gasteiger partial charge in [0, 0.05) is 42.0 Å². The molecule has 4 aromatic rings. The average Bonchev–Trinajstić information content (AvgIpc) is 3.10. The Balaban J connectivity index is 1.27. The normalized spacial score (nSPS) is 17.9. The average molecular weight is 627 g/mol. The van der Waals surface area contributed by atoms with Gasteiger partial charge >= 0.3 is 0 Å². The molecule has 8 nitrogen and oxygen atoms in total. The number of thioether (sulfide) groups is 1. The molecule has 45 heavy (non-hydrogen) atoms. The molecule has 1 aliphatic heterocycles. The molecule has 4 N–H and O–H groups in total. The van der Waals surface area contributed by atoms with Crippen molar-refractivity contribution in [2.75, 3.05) is 5.75 Å². The molecule has 1 aliphatic rings. The van der Waals surface area contributed by atoms with Crippen LogP contribution in [0.5, 0.6) is 0 Å². The fraction of sp³-hybridized carbons (Fsp3) is 0.278. The second-order valence-electron chi connectivity index (χ2n) is 10.9. The van der Waals surface area contributed by atoms with Crippen molar-refractivity contribution in [3.8, 4) is 11.1 Å². The lowest BCUT2D eigenvalue weighted by Gasteiger charge is -2.36. The first kappa shape index (κ1) is 32.4. The van der Waals surface area contributed by atoms with Crippen LogP contribution >= 0.6 is 11.8 Å². The summed E-state index contributed by atoms with van der Waals surface area (Å²) in [5.74, 6) is 0.133. The molecule has 0 spiro atoms. The minimum absolute atomic E-state index is 0.00123. The molecule has 2 amide bonds. The molecule has 0 unspecified atom stereocenters. The van der Waals surface area contributed by atoms with Crippen LogP contribution in [0.15, 0.2) is 108 Å². The van der Waals surface area contributed by atoms with Gasteiger partial charge in [0.05, 0.1) is 18.8 Å². The minimum atomic E-state index is -0.542. The number of aliphatic hydroxyl groups excluding tert-OH is 1. The maximum Gasteiger partial charge on any atom is 0.243 e. The van der Waals surface area contributed by atoms with E-state index in [1.54, 1.807) is 17.2 Å². The van der Waals surface area contributed by atoms with E-state index < -0.39 is 12.2 Å². The SMILES string of the molecule is O=C(CCCC(=O)NCc1ccccc1-c1ccc([C@@H]2O[C@H](CSc3ccccc3)C[C@H](c3ccc(CO)cc3)O2)cc1)NO. The van der Waals surface area contributed by atoms with Gasteiger partial charge in [0.25, 0.3) is 0 Å². The van der Waals surface area contributed by atoms with E-state index in [1.807, 2.05) is 91.0 Å². The van der Waals surface area contributed by atoms with Crippen molar-refractivity contribution in [1.29, 1.82) is 0 Å². The lowest BCUT2D eigenvalue weighted by Crippen LogP contribution is -2.31. The Morgan fingerprint density at radius 2 is 1.49 bits per heavy atom. The van der Waals surface area contributed by atoms with Crippen LogP contribution in [0.2, 0.25) is 0 Å². The van der Waals surface area contributed by atoms with E-state index in [2.05, 4.69) is 17.4 Å². The lowest BCUT2D eigenvalue weighted by atomic mass is 9.97. The summed E-state index contributed by atoms with van der Waals surface area (Å²) in [6, 6.07) is 34.3. The third-order valence-corrected chi connectivity index (χ3v) is 8.86. The summed E-state index contributed by atoms with van der Waals surface area (Å²) in [5, 5.41) is 21.0. The number of nitrogens with one attached hydrogen (secondary N) is 2. The van der Waals surface area contributed by atoms with Gasteiger partial charge in [-0.05, 0) is 46.4 Å². The van der Waals surface area contributed by atoms with Crippen LogP contribution in [0.25, 0.3) is 11.1 Å². The van der Waals surface area contributed by atoms with Crippen LogP contribution in [0, 0.1) is 0 Å². The van der Waals surface area contributed by atoms with Gasteiger partial charge in [0.15, 0.2) is 6.29 Å². The van der Waals surface area contributed by atoms with Crippen LogP contribution in [0.3, 0.4) is 0 Å². The zero-order chi connectivity index (χ0) is 31.4. The van der Waals surface area contributed by atoms with E-state index in [9.17, 15) is 14.7 Å². The van der Waals surface area contributed by atoms with Crippen molar-refractivity contribution in [3.05, 3.63) is 125 Å². The molecule has 0 bridgehead atoms. The predicted octanol–water partition coefficient (Wildman–Crippen LogP) is 6.48. The number of hydrogen-bond acceptors (Lipinski definition) is 7. The van der Waals surface area contributed by atoms with Crippen molar-refractivity contribution >= 4 is 23.6 Å². The highest BCUT2D eigenvalue weighted by molar-refractivity contribution is 7.99. The minimum Gasteiger partial charge on any atom is -0.392 e. The quantitative estimate of drug-likeness (QED) is 0.0763. The number of amides is 2. The number of aliphatic hydroxyl groups is 1. The number of carbonyl (C=O) groups excluding carboxylic acids is 2. The number of hydroxylamine groups is 1.